The lowest BCUT2D eigenvalue weighted by molar-refractivity contribution is -0.269. The molecule has 0 aromatic rings. The minimum absolute atomic E-state index is 0.0199. The van der Waals surface area contributed by atoms with Crippen molar-refractivity contribution in [2.24, 2.45) is 62.6 Å². The number of ketones is 4. The summed E-state index contributed by atoms with van der Waals surface area (Å²) in [6.07, 6.45) is 7.81. The van der Waals surface area contributed by atoms with Crippen molar-refractivity contribution < 1.29 is 59.7 Å². The van der Waals surface area contributed by atoms with Gasteiger partial charge < -0.3 is 35.7 Å². The topological polar surface area (TPSA) is 227 Å². The van der Waals surface area contributed by atoms with Crippen LogP contribution in [0.15, 0.2) is 23.3 Å². The molecule has 0 bridgehead atoms. The van der Waals surface area contributed by atoms with Crippen LogP contribution in [0.4, 0.5) is 0 Å². The molecule has 0 amide bonds. The molecule has 15 atom stereocenters. The zero-order valence-corrected chi connectivity index (χ0v) is 35.0. The first kappa shape index (κ1) is 43.5. The first-order valence-electron chi connectivity index (χ1n) is 21.9. The molecule has 58 heavy (non-hydrogen) atoms. The standard InChI is InChI=1S/C42H58O10.C4H8O2/c1-36-12-9-24(45)15-22(36)6-8-29-28-11-14-41(52,34(50)21-44)38(28,3)19-32(48)42(29,36)31-17-25(46)16-23-5-7-26-27-10-13-40(51,33(49)20-43)37(27,2)18-30(47)35(26)39(23,31)4;1-2-3-4(5)6/h15-16,26-32,35,43-44,47-48,51-52H,5-14,17-21H2,1-4H3;2-3H2,1H3,(H,5,6)/t26-,27-,28-,29-,30-,31?,32-,35+,36-,37-,38-,39+,40-,41-,42-;/m0./s1. The second-order valence-corrected chi connectivity index (χ2v) is 20.6. The molecule has 0 heterocycles. The molecular formula is C46H66O12. The maximum absolute atomic E-state index is 14.1. The molecule has 322 valence electrons. The van der Waals surface area contributed by atoms with E-state index in [4.69, 9.17) is 5.11 Å². The smallest absolute Gasteiger partial charge is 0.303 e. The molecule has 0 spiro atoms. The van der Waals surface area contributed by atoms with Gasteiger partial charge in [0.15, 0.2) is 23.1 Å². The zero-order chi connectivity index (χ0) is 42.6. The molecule has 6 saturated carbocycles. The highest BCUT2D eigenvalue weighted by Crippen LogP contribution is 2.79. The zero-order valence-electron chi connectivity index (χ0n) is 35.0. The number of carboxylic acid groups (broad SMARTS) is 1. The molecule has 6 fully saturated rings. The van der Waals surface area contributed by atoms with E-state index < -0.39 is 87.2 Å². The minimum atomic E-state index is -1.80. The Morgan fingerprint density at radius 3 is 1.86 bits per heavy atom. The van der Waals surface area contributed by atoms with Gasteiger partial charge in [0.2, 0.25) is 0 Å². The van der Waals surface area contributed by atoms with Crippen molar-refractivity contribution in [1.29, 1.82) is 0 Å². The summed E-state index contributed by atoms with van der Waals surface area (Å²) < 4.78 is 0. The fraction of sp³-hybridized carbons (Fsp3) is 0.804. The van der Waals surface area contributed by atoms with Gasteiger partial charge in [0.1, 0.15) is 24.4 Å². The molecule has 0 aliphatic heterocycles. The van der Waals surface area contributed by atoms with Gasteiger partial charge in [0, 0.05) is 35.5 Å². The molecule has 0 radical (unpaired) electrons. The summed E-state index contributed by atoms with van der Waals surface area (Å²) in [5.41, 5.74) is -5.97. The van der Waals surface area contributed by atoms with E-state index in [1.165, 1.54) is 0 Å². The minimum Gasteiger partial charge on any atom is -0.481 e. The van der Waals surface area contributed by atoms with E-state index in [9.17, 15) is 54.6 Å². The molecule has 8 rings (SSSR count). The first-order chi connectivity index (χ1) is 27.1. The normalized spacial score (nSPS) is 49.0. The summed E-state index contributed by atoms with van der Waals surface area (Å²) in [4.78, 5) is 63.2. The van der Waals surface area contributed by atoms with Crippen LogP contribution in [-0.4, -0.2) is 101 Å². The average Bonchev–Trinajstić information content (AvgIpc) is 3.59. The lowest BCUT2D eigenvalue weighted by Gasteiger charge is -2.74. The second kappa shape index (κ2) is 14.5. The number of carboxylic acids is 1. The third kappa shape index (κ3) is 5.49. The molecule has 8 aliphatic rings. The van der Waals surface area contributed by atoms with Gasteiger partial charge in [0.05, 0.1) is 12.2 Å². The van der Waals surface area contributed by atoms with E-state index in [0.29, 0.717) is 57.8 Å². The van der Waals surface area contributed by atoms with Gasteiger partial charge in [-0.2, -0.15) is 0 Å². The summed E-state index contributed by atoms with van der Waals surface area (Å²) in [6.45, 7) is 8.41. The van der Waals surface area contributed by atoms with Crippen LogP contribution < -0.4 is 0 Å². The van der Waals surface area contributed by atoms with Gasteiger partial charge in [-0.3, -0.25) is 24.0 Å². The predicted octanol–water partition coefficient (Wildman–Crippen LogP) is 4.04. The Morgan fingerprint density at radius 1 is 0.724 bits per heavy atom. The lowest BCUT2D eigenvalue weighted by atomic mass is 9.30. The van der Waals surface area contributed by atoms with Gasteiger partial charge in [-0.15, -0.1) is 0 Å². The maximum atomic E-state index is 14.1. The Kier molecular flexibility index (Phi) is 10.9. The van der Waals surface area contributed by atoms with Crippen molar-refractivity contribution in [3.8, 4) is 0 Å². The Morgan fingerprint density at radius 2 is 1.29 bits per heavy atom. The van der Waals surface area contributed by atoms with Gasteiger partial charge in [-0.05, 0) is 136 Å². The lowest BCUT2D eigenvalue weighted by Crippen LogP contribution is -2.73. The Balaban J connectivity index is 0.000000794. The van der Waals surface area contributed by atoms with E-state index in [2.05, 4.69) is 13.8 Å². The monoisotopic (exact) mass is 810 g/mol. The van der Waals surface area contributed by atoms with Crippen LogP contribution in [0.25, 0.3) is 0 Å². The quantitative estimate of drug-likeness (QED) is 0.193. The SMILES string of the molecule is CCCC(=O)O.C[C@]12CCC(=O)C=C1CC[C@H]1[C@@H]3CC[C@](O)(C(=O)CO)[C@@]3(C)C[C@H](O)[C@@]12C1CC(=O)C=C2CC[C@@H]3[C@H]([C@@H](O)C[C@@]4(C)[C@H]3CC[C@]4(O)C(=O)CO)[C@]21C. The first-order valence-corrected chi connectivity index (χ1v) is 21.9. The van der Waals surface area contributed by atoms with Gasteiger partial charge >= 0.3 is 5.97 Å². The molecule has 0 aromatic heterocycles. The summed E-state index contributed by atoms with van der Waals surface area (Å²) >= 11 is 0. The summed E-state index contributed by atoms with van der Waals surface area (Å²) in [5, 5.41) is 77.5. The number of fused-ring (bicyclic) bond motifs is 10. The van der Waals surface area contributed by atoms with Crippen LogP contribution in [-0.2, 0) is 24.0 Å². The van der Waals surface area contributed by atoms with E-state index in [1.807, 2.05) is 20.8 Å². The number of allylic oxidation sites excluding steroid dienone is 2. The number of carbonyl (C=O) groups excluding carboxylic acids is 4. The van der Waals surface area contributed by atoms with Crippen LogP contribution in [0.2, 0.25) is 0 Å². The largest absolute Gasteiger partial charge is 0.481 e. The summed E-state index contributed by atoms with van der Waals surface area (Å²) in [6, 6.07) is 0. The molecule has 0 aromatic carbocycles. The number of rotatable bonds is 7. The third-order valence-corrected chi connectivity index (χ3v) is 18.9. The van der Waals surface area contributed by atoms with Crippen LogP contribution >= 0.6 is 0 Å². The van der Waals surface area contributed by atoms with E-state index in [-0.39, 0.29) is 73.3 Å². The van der Waals surface area contributed by atoms with Crippen LogP contribution in [0.5, 0.6) is 0 Å². The summed E-state index contributed by atoms with van der Waals surface area (Å²) in [7, 11) is 0. The number of carbonyl (C=O) groups is 5. The maximum Gasteiger partial charge on any atom is 0.303 e. The number of aliphatic hydroxyl groups is 6. The number of hydrogen-bond donors (Lipinski definition) is 7. The molecule has 12 nitrogen and oxygen atoms in total. The van der Waals surface area contributed by atoms with Crippen molar-refractivity contribution in [1.82, 2.24) is 0 Å². The van der Waals surface area contributed by atoms with Crippen LogP contribution in [0, 0.1) is 62.6 Å². The number of aliphatic carboxylic acids is 1. The number of hydrogen-bond acceptors (Lipinski definition) is 11. The van der Waals surface area contributed by atoms with Crippen molar-refractivity contribution in [2.45, 2.75) is 154 Å². The van der Waals surface area contributed by atoms with Crippen molar-refractivity contribution in [3.63, 3.8) is 0 Å². The number of aliphatic hydroxyl groups excluding tert-OH is 4. The highest BCUT2D eigenvalue weighted by molar-refractivity contribution is 5.93. The highest BCUT2D eigenvalue weighted by Gasteiger charge is 2.78. The average molecular weight is 811 g/mol. The molecule has 0 saturated heterocycles. The van der Waals surface area contributed by atoms with Crippen molar-refractivity contribution in [2.75, 3.05) is 13.2 Å². The summed E-state index contributed by atoms with van der Waals surface area (Å²) in [5.74, 6) is -3.34. The van der Waals surface area contributed by atoms with Crippen LogP contribution in [0.1, 0.15) is 131 Å². The van der Waals surface area contributed by atoms with Crippen molar-refractivity contribution in [3.05, 3.63) is 23.3 Å². The van der Waals surface area contributed by atoms with Crippen molar-refractivity contribution >= 4 is 29.1 Å². The Bertz CT molecular complexity index is 1820. The fourth-order valence-corrected chi connectivity index (χ4v) is 16.4. The van der Waals surface area contributed by atoms with Gasteiger partial charge in [-0.25, -0.2) is 0 Å². The molecule has 12 heteroatoms. The fourth-order valence-electron chi connectivity index (χ4n) is 16.4. The molecule has 1 unspecified atom stereocenters. The molecule has 7 N–H and O–H groups in total. The third-order valence-electron chi connectivity index (χ3n) is 18.9. The number of Topliss-reactive ketones (excluding diaryl/α,β-unsaturated/α-hetero) is 2. The van der Waals surface area contributed by atoms with E-state index >= 15 is 0 Å². The van der Waals surface area contributed by atoms with Crippen LogP contribution in [0.3, 0.4) is 0 Å². The van der Waals surface area contributed by atoms with E-state index in [1.54, 1.807) is 12.2 Å². The van der Waals surface area contributed by atoms with Gasteiger partial charge in [-0.1, -0.05) is 45.8 Å². The molecule has 8 aliphatic carbocycles. The molecular weight excluding hydrogens is 744 g/mol. The Hall–Kier alpha value is -2.61. The van der Waals surface area contributed by atoms with Gasteiger partial charge in [0.25, 0.3) is 0 Å². The Labute approximate surface area is 341 Å². The second-order valence-electron chi connectivity index (χ2n) is 20.6. The highest BCUT2D eigenvalue weighted by atomic mass is 16.4. The predicted molar refractivity (Wildman–Crippen MR) is 211 cm³/mol. The van der Waals surface area contributed by atoms with E-state index in [0.717, 1.165) is 17.6 Å².